The molecule has 3 aromatic rings. The van der Waals surface area contributed by atoms with Crippen molar-refractivity contribution in [1.82, 2.24) is 14.8 Å². The number of aromatic nitrogens is 1. The fraction of sp³-hybridized carbons (Fsp3) is 0.467. The van der Waals surface area contributed by atoms with Crippen molar-refractivity contribution in [3.8, 4) is 17.2 Å². The molecule has 214 valence electrons. The standard InChI is InChI=1S/C30H37N3O6S/c1-35-24-7-4-23(5-8-24)19-32(13-10-22-6-9-26(36-2)27(18-22)37-3)20-28-31-25(21-40-28)29(34)33-14-11-30(12-15-33)38-16-17-39-30/h4-9,18,21H,10-17,19-20H2,1-3H3. The molecule has 9 nitrogen and oxygen atoms in total. The lowest BCUT2D eigenvalue weighted by atomic mass is 10.0. The van der Waals surface area contributed by atoms with E-state index in [2.05, 4.69) is 23.1 Å². The largest absolute Gasteiger partial charge is 0.497 e. The van der Waals surface area contributed by atoms with Crippen LogP contribution in [0.15, 0.2) is 47.8 Å². The Labute approximate surface area is 239 Å². The summed E-state index contributed by atoms with van der Waals surface area (Å²) in [6.45, 7) is 4.67. The average Bonchev–Trinajstić information content (AvgIpc) is 3.66. The smallest absolute Gasteiger partial charge is 0.273 e. The zero-order valence-electron chi connectivity index (χ0n) is 23.4. The first kappa shape index (κ1) is 28.4. The average molecular weight is 568 g/mol. The number of nitrogens with zero attached hydrogens (tertiary/aromatic N) is 3. The number of carbonyl (C=O) groups is 1. The highest BCUT2D eigenvalue weighted by atomic mass is 32.1. The van der Waals surface area contributed by atoms with Gasteiger partial charge in [-0.25, -0.2) is 4.98 Å². The summed E-state index contributed by atoms with van der Waals surface area (Å²) in [5.41, 5.74) is 2.85. The van der Waals surface area contributed by atoms with Gasteiger partial charge in [0.1, 0.15) is 16.5 Å². The van der Waals surface area contributed by atoms with Gasteiger partial charge in [0.25, 0.3) is 5.91 Å². The molecule has 40 heavy (non-hydrogen) atoms. The maximum Gasteiger partial charge on any atom is 0.273 e. The van der Waals surface area contributed by atoms with Crippen LogP contribution in [0.5, 0.6) is 17.2 Å². The number of hydrogen-bond acceptors (Lipinski definition) is 9. The van der Waals surface area contributed by atoms with Crippen LogP contribution in [-0.4, -0.2) is 80.7 Å². The summed E-state index contributed by atoms with van der Waals surface area (Å²) in [7, 11) is 4.96. The molecule has 0 saturated carbocycles. The number of hydrogen-bond donors (Lipinski definition) is 0. The van der Waals surface area contributed by atoms with Gasteiger partial charge in [0.15, 0.2) is 17.3 Å². The number of carbonyl (C=O) groups excluding carboxylic acids is 1. The number of benzene rings is 2. The van der Waals surface area contributed by atoms with Crippen LogP contribution in [0.3, 0.4) is 0 Å². The minimum atomic E-state index is -0.500. The van der Waals surface area contributed by atoms with Crippen molar-refractivity contribution < 1.29 is 28.5 Å². The number of thiazole rings is 1. The van der Waals surface area contributed by atoms with E-state index < -0.39 is 5.79 Å². The number of amides is 1. The normalized spacial score (nSPS) is 16.4. The van der Waals surface area contributed by atoms with Gasteiger partial charge in [0.2, 0.25) is 0 Å². The topological polar surface area (TPSA) is 82.6 Å². The molecular weight excluding hydrogens is 530 g/mol. The van der Waals surface area contributed by atoms with Crippen LogP contribution in [-0.2, 0) is 29.0 Å². The highest BCUT2D eigenvalue weighted by molar-refractivity contribution is 7.09. The molecule has 2 aliphatic heterocycles. The molecule has 2 aromatic carbocycles. The molecular formula is C30H37N3O6S. The molecule has 0 N–H and O–H groups in total. The third-order valence-electron chi connectivity index (χ3n) is 7.49. The highest BCUT2D eigenvalue weighted by Gasteiger charge is 2.41. The van der Waals surface area contributed by atoms with Gasteiger partial charge in [0.05, 0.1) is 41.1 Å². The van der Waals surface area contributed by atoms with E-state index in [0.29, 0.717) is 57.1 Å². The van der Waals surface area contributed by atoms with E-state index in [4.69, 9.17) is 28.7 Å². The summed E-state index contributed by atoms with van der Waals surface area (Å²) in [6.07, 6.45) is 2.22. The molecule has 1 aromatic heterocycles. The monoisotopic (exact) mass is 567 g/mol. The Morgan fingerprint density at radius 3 is 2.33 bits per heavy atom. The Balaban J connectivity index is 1.25. The molecule has 1 amide bonds. The summed E-state index contributed by atoms with van der Waals surface area (Å²) in [6, 6.07) is 14.2. The zero-order chi connectivity index (χ0) is 28.0. The minimum Gasteiger partial charge on any atom is -0.497 e. The van der Waals surface area contributed by atoms with Crippen molar-refractivity contribution >= 4 is 17.2 Å². The lowest BCUT2D eigenvalue weighted by Gasteiger charge is -2.37. The van der Waals surface area contributed by atoms with Crippen molar-refractivity contribution in [2.45, 2.75) is 38.1 Å². The third-order valence-corrected chi connectivity index (χ3v) is 8.32. The Hall–Kier alpha value is -3.18. The Kier molecular flexibility index (Phi) is 9.21. The van der Waals surface area contributed by atoms with E-state index in [-0.39, 0.29) is 5.91 Å². The van der Waals surface area contributed by atoms with Gasteiger partial charge in [-0.05, 0) is 41.8 Å². The van der Waals surface area contributed by atoms with E-state index >= 15 is 0 Å². The van der Waals surface area contributed by atoms with E-state index in [9.17, 15) is 4.79 Å². The van der Waals surface area contributed by atoms with Gasteiger partial charge in [0, 0.05) is 44.4 Å². The number of rotatable bonds is 11. The van der Waals surface area contributed by atoms with Crippen LogP contribution in [0, 0.1) is 0 Å². The lowest BCUT2D eigenvalue weighted by Crippen LogP contribution is -2.47. The van der Waals surface area contributed by atoms with Crippen molar-refractivity contribution in [3.63, 3.8) is 0 Å². The van der Waals surface area contributed by atoms with Crippen LogP contribution >= 0.6 is 11.3 Å². The predicted molar refractivity (Wildman–Crippen MR) is 152 cm³/mol. The van der Waals surface area contributed by atoms with Crippen LogP contribution in [0.2, 0.25) is 0 Å². The number of likely N-dealkylation sites (tertiary alicyclic amines) is 1. The van der Waals surface area contributed by atoms with Gasteiger partial charge in [-0.3, -0.25) is 9.69 Å². The highest BCUT2D eigenvalue weighted by Crippen LogP contribution is 2.32. The SMILES string of the molecule is COc1ccc(CN(CCc2ccc(OC)c(OC)c2)Cc2nc(C(=O)N3CCC4(CC3)OCCO4)cs2)cc1. The number of methoxy groups -OCH3 is 3. The second-order valence-corrected chi connectivity index (χ2v) is 11.0. The summed E-state index contributed by atoms with van der Waals surface area (Å²) in [5.74, 6) is 1.74. The molecule has 2 aliphatic rings. The minimum absolute atomic E-state index is 0.0256. The molecule has 1 spiro atoms. The Morgan fingerprint density at radius 1 is 0.950 bits per heavy atom. The van der Waals surface area contributed by atoms with Crippen LogP contribution in [0.25, 0.3) is 0 Å². The molecule has 0 atom stereocenters. The number of ether oxygens (including phenoxy) is 5. The predicted octanol–water partition coefficient (Wildman–Crippen LogP) is 4.39. The maximum atomic E-state index is 13.2. The molecule has 0 unspecified atom stereocenters. The fourth-order valence-electron chi connectivity index (χ4n) is 5.20. The molecule has 0 aliphatic carbocycles. The van der Waals surface area contributed by atoms with Crippen LogP contribution in [0.4, 0.5) is 0 Å². The molecule has 0 bridgehead atoms. The molecule has 10 heteroatoms. The molecule has 0 radical (unpaired) electrons. The first-order valence-electron chi connectivity index (χ1n) is 13.6. The maximum absolute atomic E-state index is 13.2. The first-order valence-corrected chi connectivity index (χ1v) is 14.5. The van der Waals surface area contributed by atoms with Crippen molar-refractivity contribution in [3.05, 3.63) is 69.7 Å². The van der Waals surface area contributed by atoms with Crippen LogP contribution in [0.1, 0.15) is 39.5 Å². The van der Waals surface area contributed by atoms with Gasteiger partial charge in [-0.15, -0.1) is 11.3 Å². The summed E-state index contributed by atoms with van der Waals surface area (Å²) in [4.78, 5) is 22.2. The fourth-order valence-corrected chi connectivity index (χ4v) is 6.01. The van der Waals surface area contributed by atoms with E-state index in [0.717, 1.165) is 41.6 Å². The van der Waals surface area contributed by atoms with Gasteiger partial charge >= 0.3 is 0 Å². The molecule has 2 saturated heterocycles. The molecule has 5 rings (SSSR count). The second kappa shape index (κ2) is 13.0. The van der Waals surface area contributed by atoms with E-state index in [1.54, 1.807) is 21.3 Å². The van der Waals surface area contributed by atoms with Crippen molar-refractivity contribution in [2.24, 2.45) is 0 Å². The molecule has 2 fully saturated rings. The van der Waals surface area contributed by atoms with E-state index in [1.165, 1.54) is 16.9 Å². The first-order chi connectivity index (χ1) is 19.5. The van der Waals surface area contributed by atoms with Gasteiger partial charge in [-0.2, -0.15) is 0 Å². The van der Waals surface area contributed by atoms with Crippen molar-refractivity contribution in [1.29, 1.82) is 0 Å². The Morgan fingerprint density at radius 2 is 1.65 bits per heavy atom. The second-order valence-electron chi connectivity index (χ2n) is 10.0. The summed E-state index contributed by atoms with van der Waals surface area (Å²) >= 11 is 1.53. The summed E-state index contributed by atoms with van der Waals surface area (Å²) in [5, 5.41) is 2.80. The van der Waals surface area contributed by atoms with Crippen molar-refractivity contribution in [2.75, 3.05) is 54.2 Å². The molecule has 3 heterocycles. The third kappa shape index (κ3) is 6.75. The zero-order valence-corrected chi connectivity index (χ0v) is 24.2. The van der Waals surface area contributed by atoms with E-state index in [1.807, 2.05) is 34.5 Å². The van der Waals surface area contributed by atoms with Gasteiger partial charge < -0.3 is 28.6 Å². The number of piperidine rings is 1. The quantitative estimate of drug-likeness (QED) is 0.338. The summed E-state index contributed by atoms with van der Waals surface area (Å²) < 4.78 is 27.8. The Bertz CT molecular complexity index is 1260. The van der Waals surface area contributed by atoms with Gasteiger partial charge in [-0.1, -0.05) is 18.2 Å². The lowest BCUT2D eigenvalue weighted by molar-refractivity contribution is -0.181. The van der Waals surface area contributed by atoms with Crippen LogP contribution < -0.4 is 14.2 Å².